The average Bonchev–Trinajstić information content (AvgIpc) is 3.09. The van der Waals surface area contributed by atoms with Gasteiger partial charge in [-0.3, -0.25) is 0 Å². The Hall–Kier alpha value is -2.56. The molecule has 2 N–H and O–H groups in total. The summed E-state index contributed by atoms with van der Waals surface area (Å²) >= 11 is 0. The van der Waals surface area contributed by atoms with Crippen molar-refractivity contribution in [1.82, 2.24) is 15.0 Å². The van der Waals surface area contributed by atoms with Gasteiger partial charge < -0.3 is 15.0 Å². The van der Waals surface area contributed by atoms with Crippen LogP contribution < -0.4 is 10.1 Å². The fraction of sp³-hybridized carbons (Fsp3) is 0.200. The molecule has 0 aliphatic carbocycles. The van der Waals surface area contributed by atoms with Crippen molar-refractivity contribution in [3.63, 3.8) is 0 Å². The molecule has 1 aromatic carbocycles. The third-order valence-electron chi connectivity index (χ3n) is 3.71. The van der Waals surface area contributed by atoms with Crippen molar-refractivity contribution in [3.8, 4) is 5.88 Å². The lowest BCUT2D eigenvalue weighted by Crippen LogP contribution is -2.05. The van der Waals surface area contributed by atoms with Crippen LogP contribution >= 0.6 is 0 Å². The molecule has 20 heavy (non-hydrogen) atoms. The molecule has 1 atom stereocenters. The summed E-state index contributed by atoms with van der Waals surface area (Å²) in [4.78, 5) is 12.3. The number of imidazole rings is 1. The van der Waals surface area contributed by atoms with Crippen LogP contribution in [0.2, 0.25) is 0 Å². The van der Waals surface area contributed by atoms with Crippen LogP contribution in [-0.2, 0) is 0 Å². The Balaban J connectivity index is 1.80. The number of rotatable bonds is 2. The SMILES string of the molecule is COc1ccc2[nH]c(C3CNc4ccccc43)nc2n1. The smallest absolute Gasteiger partial charge is 0.215 e. The molecule has 0 saturated heterocycles. The van der Waals surface area contributed by atoms with Crippen LogP contribution in [0.3, 0.4) is 0 Å². The van der Waals surface area contributed by atoms with Crippen LogP contribution in [0.5, 0.6) is 5.88 Å². The number of pyridine rings is 1. The second kappa shape index (κ2) is 4.23. The van der Waals surface area contributed by atoms with Gasteiger partial charge in [0.2, 0.25) is 5.88 Å². The third-order valence-corrected chi connectivity index (χ3v) is 3.71. The van der Waals surface area contributed by atoms with E-state index in [4.69, 9.17) is 4.74 Å². The van der Waals surface area contributed by atoms with Gasteiger partial charge in [-0.05, 0) is 17.7 Å². The lowest BCUT2D eigenvalue weighted by molar-refractivity contribution is 0.399. The van der Waals surface area contributed by atoms with Gasteiger partial charge in [-0.25, -0.2) is 4.98 Å². The van der Waals surface area contributed by atoms with Crippen molar-refractivity contribution in [2.75, 3.05) is 19.0 Å². The minimum atomic E-state index is 0.242. The Morgan fingerprint density at radius 1 is 1.15 bits per heavy atom. The highest BCUT2D eigenvalue weighted by Gasteiger charge is 2.26. The maximum Gasteiger partial charge on any atom is 0.215 e. The number of ether oxygens (including phenoxy) is 1. The molecule has 1 aliphatic rings. The molecule has 0 saturated carbocycles. The minimum Gasteiger partial charge on any atom is -0.481 e. The second-order valence-electron chi connectivity index (χ2n) is 4.87. The van der Waals surface area contributed by atoms with Gasteiger partial charge in [0.25, 0.3) is 0 Å². The Kier molecular flexibility index (Phi) is 2.39. The molecule has 3 aromatic rings. The van der Waals surface area contributed by atoms with E-state index < -0.39 is 0 Å². The summed E-state index contributed by atoms with van der Waals surface area (Å²) in [5, 5.41) is 3.41. The predicted molar refractivity (Wildman–Crippen MR) is 77.2 cm³/mol. The van der Waals surface area contributed by atoms with Crippen molar-refractivity contribution in [2.45, 2.75) is 5.92 Å². The molecule has 4 rings (SSSR count). The molecule has 5 heteroatoms. The molecular weight excluding hydrogens is 252 g/mol. The highest BCUT2D eigenvalue weighted by Crippen LogP contribution is 2.35. The normalized spacial score (nSPS) is 16.9. The van der Waals surface area contributed by atoms with E-state index in [1.807, 2.05) is 18.2 Å². The summed E-state index contributed by atoms with van der Waals surface area (Å²) < 4.78 is 5.14. The first-order valence-electron chi connectivity index (χ1n) is 6.58. The van der Waals surface area contributed by atoms with Crippen molar-refractivity contribution in [1.29, 1.82) is 0 Å². The van der Waals surface area contributed by atoms with Crippen LogP contribution in [0.25, 0.3) is 11.2 Å². The summed E-state index contributed by atoms with van der Waals surface area (Å²) in [5.74, 6) is 1.77. The Bertz CT molecular complexity index is 780. The van der Waals surface area contributed by atoms with E-state index in [9.17, 15) is 0 Å². The van der Waals surface area contributed by atoms with E-state index in [1.54, 1.807) is 7.11 Å². The molecule has 0 radical (unpaired) electrons. The molecule has 0 fully saturated rings. The number of nitrogens with zero attached hydrogens (tertiary/aromatic N) is 2. The summed E-state index contributed by atoms with van der Waals surface area (Å²) in [6, 6.07) is 12.1. The first kappa shape index (κ1) is 11.3. The summed E-state index contributed by atoms with van der Waals surface area (Å²) in [6.07, 6.45) is 0. The fourth-order valence-corrected chi connectivity index (χ4v) is 2.70. The number of aromatic amines is 1. The molecular formula is C15H14N4O. The summed E-state index contributed by atoms with van der Waals surface area (Å²) in [7, 11) is 1.61. The molecule has 0 bridgehead atoms. The third kappa shape index (κ3) is 1.63. The predicted octanol–water partition coefficient (Wildman–Crippen LogP) is 2.52. The van der Waals surface area contributed by atoms with E-state index in [1.165, 1.54) is 11.3 Å². The van der Waals surface area contributed by atoms with E-state index in [0.29, 0.717) is 11.5 Å². The molecule has 1 unspecified atom stereocenters. The molecule has 2 aromatic heterocycles. The number of hydrogen-bond acceptors (Lipinski definition) is 4. The number of fused-ring (bicyclic) bond motifs is 2. The average molecular weight is 266 g/mol. The topological polar surface area (TPSA) is 62.8 Å². The standard InChI is InChI=1S/C15H14N4O/c1-20-13-7-6-12-15(18-13)19-14(17-12)10-8-16-11-5-3-2-4-9(10)11/h2-7,10,16H,8H2,1H3,(H,17,18,19). The zero-order valence-electron chi connectivity index (χ0n) is 11.1. The maximum atomic E-state index is 5.14. The van der Waals surface area contributed by atoms with E-state index >= 15 is 0 Å². The second-order valence-corrected chi connectivity index (χ2v) is 4.87. The van der Waals surface area contributed by atoms with Gasteiger partial charge in [0.15, 0.2) is 5.65 Å². The highest BCUT2D eigenvalue weighted by atomic mass is 16.5. The molecule has 3 heterocycles. The van der Waals surface area contributed by atoms with Crippen LogP contribution in [0, 0.1) is 0 Å². The number of hydrogen-bond donors (Lipinski definition) is 2. The van der Waals surface area contributed by atoms with Gasteiger partial charge in [0.1, 0.15) is 5.82 Å². The zero-order chi connectivity index (χ0) is 13.5. The van der Waals surface area contributed by atoms with Crippen molar-refractivity contribution in [3.05, 3.63) is 47.8 Å². The largest absolute Gasteiger partial charge is 0.481 e. The van der Waals surface area contributed by atoms with Crippen LogP contribution in [0.1, 0.15) is 17.3 Å². The number of anilines is 1. The van der Waals surface area contributed by atoms with Crippen molar-refractivity contribution in [2.24, 2.45) is 0 Å². The molecule has 0 spiro atoms. The van der Waals surface area contributed by atoms with Crippen molar-refractivity contribution >= 4 is 16.9 Å². The van der Waals surface area contributed by atoms with Crippen molar-refractivity contribution < 1.29 is 4.74 Å². The van der Waals surface area contributed by atoms with Crippen LogP contribution in [0.15, 0.2) is 36.4 Å². The highest BCUT2D eigenvalue weighted by molar-refractivity contribution is 5.72. The Labute approximate surface area is 116 Å². The number of methoxy groups -OCH3 is 1. The number of aromatic nitrogens is 3. The summed E-state index contributed by atoms with van der Waals surface area (Å²) in [6.45, 7) is 0.857. The van der Waals surface area contributed by atoms with Gasteiger partial charge in [-0.1, -0.05) is 18.2 Å². The van der Waals surface area contributed by atoms with Crippen LogP contribution in [-0.4, -0.2) is 28.6 Å². The first-order valence-corrected chi connectivity index (χ1v) is 6.58. The van der Waals surface area contributed by atoms with Gasteiger partial charge >= 0.3 is 0 Å². The Morgan fingerprint density at radius 3 is 2.95 bits per heavy atom. The lowest BCUT2D eigenvalue weighted by atomic mass is 10.0. The quantitative estimate of drug-likeness (QED) is 0.748. The first-order chi connectivity index (χ1) is 9.85. The number of nitrogens with one attached hydrogen (secondary N) is 2. The maximum absolute atomic E-state index is 5.14. The van der Waals surface area contributed by atoms with Crippen LogP contribution in [0.4, 0.5) is 5.69 Å². The van der Waals surface area contributed by atoms with Gasteiger partial charge in [-0.2, -0.15) is 4.98 Å². The molecule has 5 nitrogen and oxygen atoms in total. The molecule has 1 aliphatic heterocycles. The van der Waals surface area contributed by atoms with Gasteiger partial charge in [-0.15, -0.1) is 0 Å². The molecule has 100 valence electrons. The van der Waals surface area contributed by atoms with Gasteiger partial charge in [0, 0.05) is 18.3 Å². The minimum absolute atomic E-state index is 0.242. The zero-order valence-corrected chi connectivity index (χ0v) is 11.1. The van der Waals surface area contributed by atoms with E-state index in [-0.39, 0.29) is 5.92 Å². The summed E-state index contributed by atoms with van der Waals surface area (Å²) in [5.41, 5.74) is 4.09. The van der Waals surface area contributed by atoms with Gasteiger partial charge in [0.05, 0.1) is 18.5 Å². The number of para-hydroxylation sites is 1. The lowest BCUT2D eigenvalue weighted by Gasteiger charge is -2.05. The number of H-pyrrole nitrogens is 1. The number of benzene rings is 1. The van der Waals surface area contributed by atoms with E-state index in [2.05, 4.69) is 38.5 Å². The molecule has 0 amide bonds. The monoisotopic (exact) mass is 266 g/mol. The Morgan fingerprint density at radius 2 is 2.05 bits per heavy atom. The van der Waals surface area contributed by atoms with E-state index in [0.717, 1.165) is 17.9 Å². The fourth-order valence-electron chi connectivity index (χ4n) is 2.70.